The number of aromatic amines is 1. The second-order valence-electron chi connectivity index (χ2n) is 4.91. The van der Waals surface area contributed by atoms with Gasteiger partial charge < -0.3 is 9.51 Å². The maximum absolute atomic E-state index is 11.6. The molecule has 3 rings (SSSR count). The Hall–Kier alpha value is -1.91. The highest BCUT2D eigenvalue weighted by atomic mass is 16.5. The van der Waals surface area contributed by atoms with Crippen LogP contribution in [0.2, 0.25) is 0 Å². The molecule has 0 spiro atoms. The Bertz CT molecular complexity index is 620. The lowest BCUT2D eigenvalue weighted by molar-refractivity contribution is 0.101. The first-order chi connectivity index (χ1) is 8.58. The third-order valence-corrected chi connectivity index (χ3v) is 3.39. The second kappa shape index (κ2) is 3.80. The normalized spacial score (nSPS) is 15.1. The molecule has 0 radical (unpaired) electrons. The van der Waals surface area contributed by atoms with Gasteiger partial charge in [-0.2, -0.15) is 4.98 Å². The van der Waals surface area contributed by atoms with Gasteiger partial charge in [-0.1, -0.05) is 5.16 Å². The fourth-order valence-corrected chi connectivity index (χ4v) is 2.34. The van der Waals surface area contributed by atoms with Gasteiger partial charge in [0.1, 0.15) is 5.69 Å². The van der Waals surface area contributed by atoms with Crippen molar-refractivity contribution in [1.82, 2.24) is 15.1 Å². The van der Waals surface area contributed by atoms with E-state index in [1.54, 1.807) is 6.92 Å². The van der Waals surface area contributed by atoms with Crippen LogP contribution in [0.15, 0.2) is 4.52 Å². The fourth-order valence-electron chi connectivity index (χ4n) is 2.34. The second-order valence-corrected chi connectivity index (χ2v) is 4.91. The lowest BCUT2D eigenvalue weighted by Crippen LogP contribution is -1.94. The number of ketones is 1. The molecule has 5 heteroatoms. The van der Waals surface area contributed by atoms with E-state index in [0.29, 0.717) is 11.8 Å². The zero-order chi connectivity index (χ0) is 12.9. The van der Waals surface area contributed by atoms with Crippen LogP contribution >= 0.6 is 0 Å². The van der Waals surface area contributed by atoms with E-state index in [1.807, 2.05) is 13.8 Å². The van der Waals surface area contributed by atoms with E-state index in [9.17, 15) is 4.79 Å². The van der Waals surface area contributed by atoms with Crippen molar-refractivity contribution in [1.29, 1.82) is 0 Å². The van der Waals surface area contributed by atoms with E-state index < -0.39 is 0 Å². The first-order valence-electron chi connectivity index (χ1n) is 6.12. The minimum absolute atomic E-state index is 0.0504. The number of carbonyl (C=O) groups excluding carboxylic acids is 1. The summed E-state index contributed by atoms with van der Waals surface area (Å²) in [6, 6.07) is 0. The molecule has 0 bridgehead atoms. The van der Waals surface area contributed by atoms with Crippen LogP contribution in [-0.2, 0) is 0 Å². The van der Waals surface area contributed by atoms with Gasteiger partial charge in [0.15, 0.2) is 11.6 Å². The predicted molar refractivity (Wildman–Crippen MR) is 65.5 cm³/mol. The molecule has 0 aromatic carbocycles. The minimum atomic E-state index is 0.0504. The maximum atomic E-state index is 11.6. The maximum Gasteiger partial charge on any atom is 0.274 e. The highest BCUT2D eigenvalue weighted by Gasteiger charge is 2.30. The smallest absolute Gasteiger partial charge is 0.274 e. The number of carbonyl (C=O) groups is 1. The fraction of sp³-hybridized carbons (Fsp3) is 0.462. The molecule has 0 amide bonds. The minimum Gasteiger partial charge on any atom is -0.354 e. The summed E-state index contributed by atoms with van der Waals surface area (Å²) < 4.78 is 5.28. The molecule has 1 aliphatic carbocycles. The van der Waals surface area contributed by atoms with Gasteiger partial charge in [0.25, 0.3) is 5.89 Å². The van der Waals surface area contributed by atoms with Crippen molar-refractivity contribution in [3.8, 4) is 11.6 Å². The molecular formula is C13H15N3O2. The van der Waals surface area contributed by atoms with E-state index in [2.05, 4.69) is 15.1 Å². The largest absolute Gasteiger partial charge is 0.354 e. The van der Waals surface area contributed by atoms with E-state index in [1.165, 1.54) is 0 Å². The highest BCUT2D eigenvalue weighted by molar-refractivity contribution is 5.98. The Morgan fingerprint density at radius 2 is 2.11 bits per heavy atom. The van der Waals surface area contributed by atoms with Crippen LogP contribution in [0.5, 0.6) is 0 Å². The zero-order valence-electron chi connectivity index (χ0n) is 10.7. The van der Waals surface area contributed by atoms with Crippen molar-refractivity contribution in [3.05, 3.63) is 22.6 Å². The molecule has 2 heterocycles. The quantitative estimate of drug-likeness (QED) is 0.844. The number of aromatic nitrogens is 3. The summed E-state index contributed by atoms with van der Waals surface area (Å²) in [7, 11) is 0. The Kier molecular flexibility index (Phi) is 2.36. The molecule has 0 aliphatic heterocycles. The number of hydrogen-bond donors (Lipinski definition) is 1. The summed E-state index contributed by atoms with van der Waals surface area (Å²) in [5, 5.41) is 3.99. The van der Waals surface area contributed by atoms with Crippen molar-refractivity contribution >= 4 is 5.78 Å². The van der Waals surface area contributed by atoms with Crippen molar-refractivity contribution < 1.29 is 9.32 Å². The van der Waals surface area contributed by atoms with Crippen LogP contribution in [0.4, 0.5) is 0 Å². The topological polar surface area (TPSA) is 71.8 Å². The van der Waals surface area contributed by atoms with Gasteiger partial charge in [0.05, 0.1) is 0 Å². The van der Waals surface area contributed by atoms with Crippen molar-refractivity contribution in [3.63, 3.8) is 0 Å². The molecule has 1 aliphatic rings. The molecule has 94 valence electrons. The number of rotatable bonds is 3. The molecule has 1 saturated carbocycles. The number of aryl methyl sites for hydroxylation is 1. The van der Waals surface area contributed by atoms with Gasteiger partial charge in [-0.3, -0.25) is 4.79 Å². The number of nitrogens with one attached hydrogen (secondary N) is 1. The lowest BCUT2D eigenvalue weighted by Gasteiger charge is -1.95. The summed E-state index contributed by atoms with van der Waals surface area (Å²) in [4.78, 5) is 19.1. The molecule has 2 aromatic heterocycles. The van der Waals surface area contributed by atoms with E-state index >= 15 is 0 Å². The number of H-pyrrole nitrogens is 1. The van der Waals surface area contributed by atoms with Crippen molar-refractivity contribution in [2.45, 2.75) is 39.5 Å². The lowest BCUT2D eigenvalue weighted by atomic mass is 10.1. The molecule has 1 fully saturated rings. The van der Waals surface area contributed by atoms with Crippen LogP contribution in [0.25, 0.3) is 11.6 Å². The SMILES string of the molecule is CC(=O)c1c(C)[nH]c(-c2nc(C3CC3)no2)c1C. The van der Waals surface area contributed by atoms with Crippen LogP contribution < -0.4 is 0 Å². The monoisotopic (exact) mass is 245 g/mol. The summed E-state index contributed by atoms with van der Waals surface area (Å²) in [6.07, 6.45) is 2.28. The standard InChI is InChI=1S/C13H15N3O2/c1-6-10(8(3)17)7(2)14-11(6)13-15-12(16-18-13)9-4-5-9/h9,14H,4-5H2,1-3H3. The van der Waals surface area contributed by atoms with Crippen LogP contribution in [0.1, 0.15) is 53.1 Å². The average molecular weight is 245 g/mol. The molecule has 0 saturated heterocycles. The van der Waals surface area contributed by atoms with Crippen molar-refractivity contribution in [2.75, 3.05) is 0 Å². The van der Waals surface area contributed by atoms with Crippen LogP contribution in [0, 0.1) is 13.8 Å². The van der Waals surface area contributed by atoms with Gasteiger partial charge in [0.2, 0.25) is 0 Å². The molecule has 1 N–H and O–H groups in total. The van der Waals surface area contributed by atoms with E-state index in [4.69, 9.17) is 4.52 Å². The van der Waals surface area contributed by atoms with Crippen molar-refractivity contribution in [2.24, 2.45) is 0 Å². The Balaban J connectivity index is 2.05. The number of nitrogens with zero attached hydrogens (tertiary/aromatic N) is 2. The number of hydrogen-bond acceptors (Lipinski definition) is 4. The Morgan fingerprint density at radius 3 is 2.67 bits per heavy atom. The van der Waals surface area contributed by atoms with E-state index in [0.717, 1.165) is 41.2 Å². The Morgan fingerprint density at radius 1 is 1.39 bits per heavy atom. The Labute approximate surface area is 105 Å². The predicted octanol–water partition coefficient (Wildman–Crippen LogP) is 2.76. The van der Waals surface area contributed by atoms with E-state index in [-0.39, 0.29) is 5.78 Å². The van der Waals surface area contributed by atoms with Gasteiger partial charge in [-0.15, -0.1) is 0 Å². The summed E-state index contributed by atoms with van der Waals surface area (Å²) in [5.74, 6) is 1.77. The van der Waals surface area contributed by atoms with Gasteiger partial charge in [-0.05, 0) is 39.2 Å². The molecule has 18 heavy (non-hydrogen) atoms. The molecular weight excluding hydrogens is 230 g/mol. The highest BCUT2D eigenvalue weighted by Crippen LogP contribution is 2.39. The molecule has 2 aromatic rings. The molecule has 0 unspecified atom stereocenters. The van der Waals surface area contributed by atoms with Gasteiger partial charge in [0, 0.05) is 17.2 Å². The average Bonchev–Trinajstić information content (AvgIpc) is 2.96. The number of Topliss-reactive ketones (excluding diaryl/α,β-unsaturated/α-hetero) is 1. The zero-order valence-corrected chi connectivity index (χ0v) is 10.7. The van der Waals surface area contributed by atoms with Gasteiger partial charge >= 0.3 is 0 Å². The summed E-state index contributed by atoms with van der Waals surface area (Å²) in [6.45, 7) is 5.35. The third-order valence-electron chi connectivity index (χ3n) is 3.39. The van der Waals surface area contributed by atoms with Crippen LogP contribution in [-0.4, -0.2) is 20.9 Å². The third kappa shape index (κ3) is 1.66. The van der Waals surface area contributed by atoms with Gasteiger partial charge in [-0.25, -0.2) is 0 Å². The first-order valence-corrected chi connectivity index (χ1v) is 6.12. The first kappa shape index (κ1) is 11.2. The molecule has 5 nitrogen and oxygen atoms in total. The summed E-state index contributed by atoms with van der Waals surface area (Å²) >= 11 is 0. The van der Waals surface area contributed by atoms with Crippen LogP contribution in [0.3, 0.4) is 0 Å². The molecule has 0 atom stereocenters. The summed E-state index contributed by atoms with van der Waals surface area (Å²) in [5.41, 5.74) is 3.21.